The second-order valence-corrected chi connectivity index (χ2v) is 4.17. The van der Waals surface area contributed by atoms with Gasteiger partial charge in [-0.15, -0.1) is 0 Å². The Hall–Kier alpha value is -2.62. The molecular formula is C15H9FO3. The van der Waals surface area contributed by atoms with Gasteiger partial charge in [-0.1, -0.05) is 0 Å². The maximum absolute atomic E-state index is 12.8. The number of hydrogen-bond donors (Lipinski definition) is 1. The molecule has 4 heteroatoms. The molecule has 0 aliphatic rings. The average molecular weight is 256 g/mol. The van der Waals surface area contributed by atoms with E-state index in [0.717, 1.165) is 0 Å². The Morgan fingerprint density at radius 1 is 1.11 bits per heavy atom. The zero-order chi connectivity index (χ0) is 13.4. The second-order valence-electron chi connectivity index (χ2n) is 4.17. The molecule has 0 unspecified atom stereocenters. The van der Waals surface area contributed by atoms with Crippen molar-refractivity contribution in [3.8, 4) is 5.75 Å². The van der Waals surface area contributed by atoms with E-state index >= 15 is 0 Å². The van der Waals surface area contributed by atoms with Crippen LogP contribution in [0, 0.1) is 5.82 Å². The van der Waals surface area contributed by atoms with Crippen LogP contribution in [0.15, 0.2) is 53.1 Å². The number of aromatic hydroxyl groups is 1. The summed E-state index contributed by atoms with van der Waals surface area (Å²) in [6.07, 6.45) is 1.34. The molecule has 19 heavy (non-hydrogen) atoms. The molecule has 0 fully saturated rings. The van der Waals surface area contributed by atoms with E-state index in [1.54, 1.807) is 6.07 Å². The fraction of sp³-hybridized carbons (Fsp3) is 0. The molecule has 3 aromatic rings. The molecule has 1 aromatic heterocycles. The average Bonchev–Trinajstić information content (AvgIpc) is 2.81. The van der Waals surface area contributed by atoms with Crippen LogP contribution >= 0.6 is 0 Å². The van der Waals surface area contributed by atoms with E-state index in [2.05, 4.69) is 0 Å². The highest BCUT2D eigenvalue weighted by atomic mass is 19.1. The molecule has 0 spiro atoms. The third kappa shape index (κ3) is 1.97. The predicted molar refractivity (Wildman–Crippen MR) is 67.7 cm³/mol. The summed E-state index contributed by atoms with van der Waals surface area (Å²) in [7, 11) is 0. The standard InChI is InChI=1S/C15H9FO3/c16-10-3-1-9(2-4-10)15(18)13-8-19-14-6-5-11(17)7-12(13)14/h1-8,17H. The highest BCUT2D eigenvalue weighted by Crippen LogP contribution is 2.27. The summed E-state index contributed by atoms with van der Waals surface area (Å²) in [5.41, 5.74) is 1.23. The summed E-state index contributed by atoms with van der Waals surface area (Å²) in [4.78, 5) is 12.3. The minimum atomic E-state index is -0.397. The Kier molecular flexibility index (Phi) is 2.56. The summed E-state index contributed by atoms with van der Waals surface area (Å²) < 4.78 is 18.1. The first-order chi connectivity index (χ1) is 9.15. The molecule has 0 amide bonds. The first-order valence-electron chi connectivity index (χ1n) is 5.65. The zero-order valence-electron chi connectivity index (χ0n) is 9.76. The Balaban J connectivity index is 2.11. The van der Waals surface area contributed by atoms with Gasteiger partial charge in [0.25, 0.3) is 0 Å². The maximum Gasteiger partial charge on any atom is 0.196 e. The van der Waals surface area contributed by atoms with Gasteiger partial charge in [-0.2, -0.15) is 0 Å². The highest BCUT2D eigenvalue weighted by Gasteiger charge is 2.16. The molecule has 1 heterocycles. The topological polar surface area (TPSA) is 50.4 Å². The van der Waals surface area contributed by atoms with E-state index in [1.165, 1.54) is 42.7 Å². The normalized spacial score (nSPS) is 10.8. The Labute approximate surface area is 107 Å². The predicted octanol–water partition coefficient (Wildman–Crippen LogP) is 3.51. The SMILES string of the molecule is O=C(c1ccc(F)cc1)c1coc2ccc(O)cc12. The number of furan rings is 1. The van der Waals surface area contributed by atoms with Crippen LogP contribution < -0.4 is 0 Å². The zero-order valence-corrected chi connectivity index (χ0v) is 9.76. The van der Waals surface area contributed by atoms with Crippen molar-refractivity contribution in [2.75, 3.05) is 0 Å². The number of fused-ring (bicyclic) bond motifs is 1. The molecule has 3 nitrogen and oxygen atoms in total. The Morgan fingerprint density at radius 2 is 1.84 bits per heavy atom. The molecular weight excluding hydrogens is 247 g/mol. The summed E-state index contributed by atoms with van der Waals surface area (Å²) in [6, 6.07) is 9.83. The number of hydrogen-bond acceptors (Lipinski definition) is 3. The van der Waals surface area contributed by atoms with Crippen LogP contribution in [0.5, 0.6) is 5.75 Å². The van der Waals surface area contributed by atoms with Crippen molar-refractivity contribution >= 4 is 16.8 Å². The van der Waals surface area contributed by atoms with E-state index < -0.39 is 5.82 Å². The number of carbonyl (C=O) groups is 1. The first kappa shape index (κ1) is 11.5. The molecule has 0 atom stereocenters. The molecule has 0 aliphatic carbocycles. The molecule has 1 N–H and O–H groups in total. The van der Waals surface area contributed by atoms with Gasteiger partial charge in [-0.3, -0.25) is 4.79 Å². The van der Waals surface area contributed by atoms with E-state index in [0.29, 0.717) is 22.1 Å². The van der Waals surface area contributed by atoms with E-state index in [9.17, 15) is 14.3 Å². The summed E-state index contributed by atoms with van der Waals surface area (Å²) >= 11 is 0. The second kappa shape index (κ2) is 4.24. The van der Waals surface area contributed by atoms with Crippen molar-refractivity contribution in [1.82, 2.24) is 0 Å². The van der Waals surface area contributed by atoms with Gasteiger partial charge in [0, 0.05) is 10.9 Å². The van der Waals surface area contributed by atoms with Gasteiger partial charge >= 0.3 is 0 Å². The Bertz CT molecular complexity index is 757. The molecule has 0 radical (unpaired) electrons. The minimum Gasteiger partial charge on any atom is -0.508 e. The maximum atomic E-state index is 12.8. The van der Waals surface area contributed by atoms with Crippen molar-refractivity contribution in [3.05, 3.63) is 65.7 Å². The van der Waals surface area contributed by atoms with Crippen molar-refractivity contribution in [2.45, 2.75) is 0 Å². The van der Waals surface area contributed by atoms with Crippen molar-refractivity contribution in [3.63, 3.8) is 0 Å². The van der Waals surface area contributed by atoms with Crippen LogP contribution in [0.3, 0.4) is 0 Å². The van der Waals surface area contributed by atoms with Crippen LogP contribution in [0.2, 0.25) is 0 Å². The van der Waals surface area contributed by atoms with Gasteiger partial charge in [0.1, 0.15) is 23.4 Å². The minimum absolute atomic E-state index is 0.0575. The largest absolute Gasteiger partial charge is 0.508 e. The van der Waals surface area contributed by atoms with Gasteiger partial charge < -0.3 is 9.52 Å². The molecule has 0 saturated carbocycles. The number of halogens is 1. The van der Waals surface area contributed by atoms with Crippen LogP contribution in [0.1, 0.15) is 15.9 Å². The van der Waals surface area contributed by atoms with Crippen molar-refractivity contribution in [2.24, 2.45) is 0 Å². The molecule has 94 valence electrons. The number of ketones is 1. The van der Waals surface area contributed by atoms with Crippen molar-refractivity contribution < 1.29 is 18.7 Å². The lowest BCUT2D eigenvalue weighted by molar-refractivity contribution is 0.103. The molecule has 2 aromatic carbocycles. The van der Waals surface area contributed by atoms with Crippen LogP contribution in [0.25, 0.3) is 11.0 Å². The quantitative estimate of drug-likeness (QED) is 0.714. The van der Waals surface area contributed by atoms with Crippen LogP contribution in [-0.4, -0.2) is 10.9 Å². The summed E-state index contributed by atoms with van der Waals surface area (Å²) in [5, 5.41) is 10.00. The van der Waals surface area contributed by atoms with Gasteiger partial charge in [0.15, 0.2) is 5.78 Å². The molecule has 0 bridgehead atoms. The smallest absolute Gasteiger partial charge is 0.196 e. The summed E-state index contributed by atoms with van der Waals surface area (Å²) in [6.45, 7) is 0. The lowest BCUT2D eigenvalue weighted by Gasteiger charge is -1.99. The van der Waals surface area contributed by atoms with Crippen LogP contribution in [0.4, 0.5) is 4.39 Å². The first-order valence-corrected chi connectivity index (χ1v) is 5.65. The third-order valence-electron chi connectivity index (χ3n) is 2.91. The number of rotatable bonds is 2. The molecule has 0 saturated heterocycles. The lowest BCUT2D eigenvalue weighted by Crippen LogP contribution is -2.00. The van der Waals surface area contributed by atoms with Crippen LogP contribution in [-0.2, 0) is 0 Å². The monoisotopic (exact) mass is 256 g/mol. The Morgan fingerprint density at radius 3 is 2.58 bits per heavy atom. The van der Waals surface area contributed by atoms with E-state index in [4.69, 9.17) is 4.42 Å². The molecule has 3 rings (SSSR count). The van der Waals surface area contributed by atoms with Crippen molar-refractivity contribution in [1.29, 1.82) is 0 Å². The number of benzene rings is 2. The number of phenolic OH excluding ortho intramolecular Hbond substituents is 1. The van der Waals surface area contributed by atoms with Gasteiger partial charge in [0.2, 0.25) is 0 Å². The van der Waals surface area contributed by atoms with Gasteiger partial charge in [0.05, 0.1) is 5.56 Å². The third-order valence-corrected chi connectivity index (χ3v) is 2.91. The molecule has 0 aliphatic heterocycles. The fourth-order valence-corrected chi connectivity index (χ4v) is 1.95. The number of carbonyl (C=O) groups excluding carboxylic acids is 1. The lowest BCUT2D eigenvalue weighted by atomic mass is 10.0. The van der Waals surface area contributed by atoms with Gasteiger partial charge in [-0.25, -0.2) is 4.39 Å². The van der Waals surface area contributed by atoms with E-state index in [-0.39, 0.29) is 11.5 Å². The summed E-state index contributed by atoms with van der Waals surface area (Å²) in [5.74, 6) is -0.613. The fourth-order valence-electron chi connectivity index (χ4n) is 1.95. The number of phenols is 1. The highest BCUT2D eigenvalue weighted by molar-refractivity contribution is 6.15. The van der Waals surface area contributed by atoms with Gasteiger partial charge in [-0.05, 0) is 42.5 Å². The van der Waals surface area contributed by atoms with E-state index in [1.807, 2.05) is 0 Å².